The minimum atomic E-state index is -4.49. The van der Waals surface area contributed by atoms with Crippen molar-refractivity contribution in [3.8, 4) is 5.75 Å². The molecule has 0 amide bonds. The van der Waals surface area contributed by atoms with E-state index in [9.17, 15) is 22.8 Å². The van der Waals surface area contributed by atoms with Gasteiger partial charge in [0, 0.05) is 19.4 Å². The third-order valence-corrected chi connectivity index (χ3v) is 9.27. The number of nitrogens with zero attached hydrogens (tertiary/aromatic N) is 3. The summed E-state index contributed by atoms with van der Waals surface area (Å²) in [6, 6.07) is 9.90. The molecule has 3 aromatic rings. The molecule has 0 aliphatic heterocycles. The van der Waals surface area contributed by atoms with Crippen molar-refractivity contribution in [1.29, 1.82) is 0 Å². The average Bonchev–Trinajstić information content (AvgIpc) is 3.50. The van der Waals surface area contributed by atoms with Gasteiger partial charge < -0.3 is 25.3 Å². The Morgan fingerprint density at radius 2 is 1.68 bits per heavy atom. The largest absolute Gasteiger partial charge is 0.497 e. The third-order valence-electron chi connectivity index (χ3n) is 6.56. The van der Waals surface area contributed by atoms with E-state index in [-0.39, 0.29) is 54.1 Å². The zero-order valence-corrected chi connectivity index (χ0v) is 30.9. The predicted molar refractivity (Wildman–Crippen MR) is 188 cm³/mol. The molecule has 0 saturated carbocycles. The van der Waals surface area contributed by atoms with Crippen LogP contribution in [0.1, 0.15) is 76.0 Å². The summed E-state index contributed by atoms with van der Waals surface area (Å²) >= 11 is 0.916. The lowest BCUT2D eigenvalue weighted by Crippen LogP contribution is -2.33. The van der Waals surface area contributed by atoms with Gasteiger partial charge in [0.2, 0.25) is 0 Å². The van der Waals surface area contributed by atoms with Gasteiger partial charge in [-0.15, -0.1) is 11.3 Å². The average molecular weight is 734 g/mol. The maximum atomic E-state index is 15.4. The zero-order valence-electron chi connectivity index (χ0n) is 29.2. The number of nitrogens with one attached hydrogen (secondary N) is 1. The van der Waals surface area contributed by atoms with Crippen molar-refractivity contribution in [3.63, 3.8) is 0 Å². The molecule has 3 rings (SSSR count). The SMILES string of the molecule is COc1ccc(CN(c2scnc2C(=O)OC(C)(C)C)S(=O)(=O)c2ccc(CC(=O)CN=C(N)NCCCC(=O)OC(C)(C)C)c(F)c2)cc1. The van der Waals surface area contributed by atoms with E-state index in [2.05, 4.69) is 15.3 Å². The Morgan fingerprint density at radius 1 is 1.02 bits per heavy atom. The van der Waals surface area contributed by atoms with Crippen molar-refractivity contribution in [1.82, 2.24) is 10.3 Å². The van der Waals surface area contributed by atoms with Crippen molar-refractivity contribution in [2.75, 3.05) is 24.5 Å². The molecule has 2 aromatic carbocycles. The molecular weight excluding hydrogens is 690 g/mol. The van der Waals surface area contributed by atoms with Crippen LogP contribution in [-0.2, 0) is 42.1 Å². The maximum Gasteiger partial charge on any atom is 0.360 e. The smallest absolute Gasteiger partial charge is 0.360 e. The van der Waals surface area contributed by atoms with E-state index >= 15 is 4.39 Å². The highest BCUT2D eigenvalue weighted by molar-refractivity contribution is 7.93. The Morgan fingerprint density at radius 3 is 2.28 bits per heavy atom. The van der Waals surface area contributed by atoms with Crippen molar-refractivity contribution in [2.24, 2.45) is 10.7 Å². The summed E-state index contributed by atoms with van der Waals surface area (Å²) in [4.78, 5) is 45.1. The number of guanidine groups is 1. The number of rotatable bonds is 15. The molecule has 0 fully saturated rings. The Labute approximate surface area is 296 Å². The predicted octanol–water partition coefficient (Wildman–Crippen LogP) is 4.78. The summed E-state index contributed by atoms with van der Waals surface area (Å²) in [6.07, 6.45) is 0.243. The second kappa shape index (κ2) is 16.9. The molecule has 0 aliphatic rings. The number of hydrogen-bond donors (Lipinski definition) is 2. The van der Waals surface area contributed by atoms with E-state index < -0.39 is 43.7 Å². The third kappa shape index (κ3) is 12.1. The molecule has 50 heavy (non-hydrogen) atoms. The summed E-state index contributed by atoms with van der Waals surface area (Å²) in [5.74, 6) is -2.01. The second-order valence-corrected chi connectivity index (χ2v) is 15.9. The maximum absolute atomic E-state index is 15.4. The number of Topliss-reactive ketones (excluding diaryl/α,β-unsaturated/α-hetero) is 1. The molecule has 0 unspecified atom stereocenters. The lowest BCUT2D eigenvalue weighted by molar-refractivity contribution is -0.154. The molecule has 1 heterocycles. The topological polar surface area (TPSA) is 180 Å². The van der Waals surface area contributed by atoms with Crippen LogP contribution >= 0.6 is 11.3 Å². The Kier molecular flexibility index (Phi) is 13.5. The van der Waals surface area contributed by atoms with Gasteiger partial charge in [-0.1, -0.05) is 18.2 Å². The number of carbonyl (C=O) groups excluding carboxylic acids is 3. The van der Waals surface area contributed by atoms with E-state index in [4.69, 9.17) is 19.9 Å². The van der Waals surface area contributed by atoms with Gasteiger partial charge in [-0.05, 0) is 83.4 Å². The minimum Gasteiger partial charge on any atom is -0.497 e. The first-order valence-electron chi connectivity index (χ1n) is 15.7. The summed E-state index contributed by atoms with van der Waals surface area (Å²) in [5.41, 5.74) is 6.00. The van der Waals surface area contributed by atoms with Gasteiger partial charge in [0.05, 0.1) is 24.1 Å². The van der Waals surface area contributed by atoms with Crippen LogP contribution in [-0.4, -0.2) is 68.5 Å². The van der Waals surface area contributed by atoms with Crippen molar-refractivity contribution in [3.05, 3.63) is 70.6 Å². The number of hydrogen-bond acceptors (Lipinski definition) is 11. The fourth-order valence-electron chi connectivity index (χ4n) is 4.34. The van der Waals surface area contributed by atoms with Crippen LogP contribution in [0.5, 0.6) is 5.75 Å². The Hall–Kier alpha value is -4.57. The molecule has 272 valence electrons. The van der Waals surface area contributed by atoms with E-state index in [1.807, 2.05) is 0 Å². The molecular formula is C34H44FN5O8S2. The van der Waals surface area contributed by atoms with Crippen LogP contribution in [0, 0.1) is 5.82 Å². The monoisotopic (exact) mass is 733 g/mol. The van der Waals surface area contributed by atoms with Crippen molar-refractivity contribution < 1.29 is 41.4 Å². The van der Waals surface area contributed by atoms with E-state index in [1.54, 1.807) is 65.8 Å². The first kappa shape index (κ1) is 39.9. The molecule has 0 saturated heterocycles. The first-order chi connectivity index (χ1) is 23.3. The number of anilines is 1. The number of halogens is 1. The van der Waals surface area contributed by atoms with Crippen LogP contribution in [0.2, 0.25) is 0 Å². The van der Waals surface area contributed by atoms with E-state index in [0.717, 1.165) is 21.7 Å². The Balaban J connectivity index is 1.76. The molecule has 0 bridgehead atoms. The number of nitrogens with two attached hydrogens (primary N) is 1. The van der Waals surface area contributed by atoms with Crippen LogP contribution in [0.4, 0.5) is 9.39 Å². The van der Waals surface area contributed by atoms with Gasteiger partial charge in [0.25, 0.3) is 10.0 Å². The fraction of sp³-hybridized carbons (Fsp3) is 0.441. The van der Waals surface area contributed by atoms with Crippen LogP contribution in [0.3, 0.4) is 0 Å². The van der Waals surface area contributed by atoms with E-state index in [0.29, 0.717) is 24.3 Å². The lowest BCUT2D eigenvalue weighted by Gasteiger charge is -2.25. The number of methoxy groups -OCH3 is 1. The highest BCUT2D eigenvalue weighted by atomic mass is 32.2. The quantitative estimate of drug-likeness (QED) is 0.0950. The van der Waals surface area contributed by atoms with Gasteiger partial charge in [-0.25, -0.2) is 27.6 Å². The number of sulfonamides is 1. The summed E-state index contributed by atoms with van der Waals surface area (Å²) < 4.78 is 60.5. The molecule has 0 radical (unpaired) electrons. The van der Waals surface area contributed by atoms with Crippen molar-refractivity contribution in [2.45, 2.75) is 83.4 Å². The van der Waals surface area contributed by atoms with Gasteiger partial charge >= 0.3 is 11.9 Å². The molecule has 0 aliphatic carbocycles. The first-order valence-corrected chi connectivity index (χ1v) is 18.0. The van der Waals surface area contributed by atoms with Gasteiger partial charge in [-0.3, -0.25) is 13.9 Å². The normalized spacial score (nSPS) is 12.3. The minimum absolute atomic E-state index is 0.0105. The van der Waals surface area contributed by atoms with Crippen molar-refractivity contribution >= 4 is 50.0 Å². The molecule has 3 N–H and O–H groups in total. The standard InChI is InChI=1S/C34H44FN5O8S2/c1-33(2,3)47-28(42)9-8-16-37-32(36)38-19-24(41)17-23-12-15-26(18-27(23)35)50(44,45)40(20-22-10-13-25(46-7)14-11-22)30-29(39-21-49-30)31(43)48-34(4,5)6/h10-15,18,21H,8-9,16-17,19-20H2,1-7H3,(H3,36,37,38). The van der Waals surface area contributed by atoms with Gasteiger partial charge in [0.1, 0.15) is 34.3 Å². The lowest BCUT2D eigenvalue weighted by atomic mass is 10.1. The number of ketones is 1. The summed E-state index contributed by atoms with van der Waals surface area (Å²) in [6.45, 7) is 10.1. The van der Waals surface area contributed by atoms with E-state index in [1.165, 1.54) is 24.8 Å². The molecule has 0 spiro atoms. The zero-order chi connectivity index (χ0) is 37.3. The van der Waals surface area contributed by atoms with Gasteiger partial charge in [0.15, 0.2) is 17.4 Å². The number of benzene rings is 2. The highest BCUT2D eigenvalue weighted by Crippen LogP contribution is 2.34. The number of thiazole rings is 1. The highest BCUT2D eigenvalue weighted by Gasteiger charge is 2.33. The number of ether oxygens (including phenoxy) is 3. The number of esters is 2. The van der Waals surface area contributed by atoms with Crippen LogP contribution in [0.15, 0.2) is 57.9 Å². The van der Waals surface area contributed by atoms with Gasteiger partial charge in [-0.2, -0.15) is 0 Å². The molecule has 0 atom stereocenters. The molecule has 13 nitrogen and oxygen atoms in total. The van der Waals surface area contributed by atoms with Crippen LogP contribution in [0.25, 0.3) is 0 Å². The molecule has 1 aromatic heterocycles. The second-order valence-electron chi connectivity index (χ2n) is 13.2. The molecule has 16 heteroatoms. The number of carbonyl (C=O) groups is 3. The summed E-state index contributed by atoms with van der Waals surface area (Å²) in [7, 11) is -2.99. The number of aliphatic imine (C=N–C) groups is 1. The Bertz CT molecular complexity index is 1800. The number of aromatic nitrogens is 1. The van der Waals surface area contributed by atoms with Crippen LogP contribution < -0.4 is 20.1 Å². The fourth-order valence-corrected chi connectivity index (χ4v) is 6.83. The summed E-state index contributed by atoms with van der Waals surface area (Å²) in [5, 5.41) is 2.80.